The number of fused-ring (bicyclic) bond motifs is 1. The van der Waals surface area contributed by atoms with E-state index in [0.29, 0.717) is 16.8 Å². The summed E-state index contributed by atoms with van der Waals surface area (Å²) >= 11 is 0. The fourth-order valence-electron chi connectivity index (χ4n) is 3.11. The summed E-state index contributed by atoms with van der Waals surface area (Å²) in [7, 11) is 0. The predicted molar refractivity (Wildman–Crippen MR) is 115 cm³/mol. The first-order chi connectivity index (χ1) is 15.1. The molecule has 0 aliphatic heterocycles. The zero-order valence-corrected chi connectivity index (χ0v) is 16.0. The second-order valence-electron chi connectivity index (χ2n) is 6.48. The first-order valence-corrected chi connectivity index (χ1v) is 9.17. The Kier molecular flexibility index (Phi) is 5.24. The highest BCUT2D eigenvalue weighted by atomic mass is 16.6. The third-order valence-electron chi connectivity index (χ3n) is 4.54. The van der Waals surface area contributed by atoms with E-state index >= 15 is 0 Å². The number of carbonyl (C=O) groups is 1. The quantitative estimate of drug-likeness (QED) is 0.215. The second-order valence-corrected chi connectivity index (χ2v) is 6.48. The molecule has 0 fully saturated rings. The first-order valence-electron chi connectivity index (χ1n) is 9.17. The molecule has 0 bridgehead atoms. The van der Waals surface area contributed by atoms with Crippen LogP contribution in [-0.2, 0) is 4.79 Å². The molecular formula is C23H14N4O4. The summed E-state index contributed by atoms with van der Waals surface area (Å²) in [6.45, 7) is 0. The smallest absolute Gasteiger partial charge is 0.280 e. The Balaban J connectivity index is 1.62. The molecule has 8 nitrogen and oxygen atoms in total. The van der Waals surface area contributed by atoms with E-state index in [0.717, 1.165) is 5.39 Å². The van der Waals surface area contributed by atoms with Gasteiger partial charge in [-0.1, -0.05) is 18.2 Å². The number of aromatic nitrogens is 1. The van der Waals surface area contributed by atoms with Crippen molar-refractivity contribution < 1.29 is 14.1 Å². The highest BCUT2D eigenvalue weighted by Gasteiger charge is 2.18. The minimum absolute atomic E-state index is 0.102. The van der Waals surface area contributed by atoms with Crippen molar-refractivity contribution in [2.45, 2.75) is 0 Å². The van der Waals surface area contributed by atoms with Gasteiger partial charge in [-0.25, -0.2) is 0 Å². The largest absolute Gasteiger partial charge is 0.456 e. The van der Waals surface area contributed by atoms with Crippen LogP contribution in [-0.4, -0.2) is 15.8 Å². The number of anilines is 1. The van der Waals surface area contributed by atoms with Crippen LogP contribution in [0.15, 0.2) is 82.9 Å². The lowest BCUT2D eigenvalue weighted by molar-refractivity contribution is -0.384. The number of nitro groups is 1. The summed E-state index contributed by atoms with van der Waals surface area (Å²) in [4.78, 5) is 27.6. The van der Waals surface area contributed by atoms with Crippen LogP contribution in [0.2, 0.25) is 0 Å². The molecule has 150 valence electrons. The molecule has 2 heterocycles. The van der Waals surface area contributed by atoms with Crippen LogP contribution in [0, 0.1) is 21.4 Å². The van der Waals surface area contributed by atoms with E-state index in [2.05, 4.69) is 10.3 Å². The number of amides is 1. The third-order valence-corrected chi connectivity index (χ3v) is 4.54. The molecule has 0 aliphatic rings. The number of pyridine rings is 1. The van der Waals surface area contributed by atoms with Crippen LogP contribution >= 0.6 is 0 Å². The Morgan fingerprint density at radius 2 is 1.94 bits per heavy atom. The summed E-state index contributed by atoms with van der Waals surface area (Å²) in [5.74, 6) is -0.127. The molecule has 31 heavy (non-hydrogen) atoms. The van der Waals surface area contributed by atoms with Gasteiger partial charge >= 0.3 is 0 Å². The zero-order chi connectivity index (χ0) is 21.8. The van der Waals surface area contributed by atoms with Gasteiger partial charge in [-0.05, 0) is 42.5 Å². The van der Waals surface area contributed by atoms with Gasteiger partial charge in [0.05, 0.1) is 21.7 Å². The minimum atomic E-state index is -0.609. The molecule has 0 saturated carbocycles. The number of hydrogen-bond acceptors (Lipinski definition) is 6. The van der Waals surface area contributed by atoms with E-state index in [4.69, 9.17) is 4.42 Å². The Hall–Kier alpha value is -4.77. The normalized spacial score (nSPS) is 11.1. The van der Waals surface area contributed by atoms with Crippen molar-refractivity contribution in [3.63, 3.8) is 0 Å². The predicted octanol–water partition coefficient (Wildman–Crippen LogP) is 4.95. The maximum absolute atomic E-state index is 12.7. The lowest BCUT2D eigenvalue weighted by Crippen LogP contribution is -2.13. The van der Waals surface area contributed by atoms with E-state index in [1.807, 2.05) is 18.2 Å². The van der Waals surface area contributed by atoms with Gasteiger partial charge < -0.3 is 9.73 Å². The number of nitrogens with zero attached hydrogens (tertiary/aromatic N) is 3. The number of carbonyl (C=O) groups excluding carboxylic acids is 1. The molecule has 2 aromatic carbocycles. The molecule has 0 unspecified atom stereocenters. The lowest BCUT2D eigenvalue weighted by atomic mass is 10.1. The van der Waals surface area contributed by atoms with Crippen molar-refractivity contribution in [1.82, 2.24) is 4.98 Å². The van der Waals surface area contributed by atoms with Gasteiger partial charge in [0.25, 0.3) is 11.6 Å². The molecule has 4 aromatic rings. The Morgan fingerprint density at radius 1 is 1.10 bits per heavy atom. The second kappa shape index (κ2) is 8.31. The Bertz CT molecular complexity index is 1380. The van der Waals surface area contributed by atoms with E-state index in [1.54, 1.807) is 54.7 Å². The summed E-state index contributed by atoms with van der Waals surface area (Å²) in [5.41, 5.74) is 1.26. The monoisotopic (exact) mass is 410 g/mol. The number of rotatable bonds is 5. The molecule has 1 amide bonds. The number of hydrogen-bond donors (Lipinski definition) is 1. The molecule has 0 radical (unpaired) electrons. The molecule has 2 aromatic heterocycles. The van der Waals surface area contributed by atoms with Crippen molar-refractivity contribution in [2.75, 3.05) is 5.32 Å². The van der Waals surface area contributed by atoms with E-state index < -0.39 is 10.8 Å². The van der Waals surface area contributed by atoms with Crippen molar-refractivity contribution in [2.24, 2.45) is 0 Å². The average Bonchev–Trinajstić information content (AvgIpc) is 3.26. The molecule has 8 heteroatoms. The maximum atomic E-state index is 12.7. The van der Waals surface area contributed by atoms with Crippen LogP contribution in [0.1, 0.15) is 5.76 Å². The van der Waals surface area contributed by atoms with Gasteiger partial charge in [-0.2, -0.15) is 5.26 Å². The van der Waals surface area contributed by atoms with Crippen LogP contribution in [0.4, 0.5) is 11.4 Å². The van der Waals surface area contributed by atoms with Gasteiger partial charge in [0, 0.05) is 23.7 Å². The highest BCUT2D eigenvalue weighted by Crippen LogP contribution is 2.31. The number of nitrogens with one attached hydrogen (secondary N) is 1. The number of nitro benzene ring substituents is 1. The molecule has 4 rings (SSSR count). The highest BCUT2D eigenvalue weighted by molar-refractivity contribution is 6.12. The van der Waals surface area contributed by atoms with E-state index in [1.165, 1.54) is 12.1 Å². The molecular weight excluding hydrogens is 396 g/mol. The van der Waals surface area contributed by atoms with Crippen LogP contribution in [0.3, 0.4) is 0 Å². The van der Waals surface area contributed by atoms with Crippen molar-refractivity contribution in [1.29, 1.82) is 5.26 Å². The van der Waals surface area contributed by atoms with Crippen molar-refractivity contribution >= 4 is 34.3 Å². The fourth-order valence-corrected chi connectivity index (χ4v) is 3.11. The topological polar surface area (TPSA) is 122 Å². The first kappa shape index (κ1) is 19.5. The Morgan fingerprint density at radius 3 is 2.74 bits per heavy atom. The van der Waals surface area contributed by atoms with Gasteiger partial charge in [-0.3, -0.25) is 19.9 Å². The van der Waals surface area contributed by atoms with E-state index in [9.17, 15) is 20.2 Å². The SMILES string of the molecule is N#CC(=Cc1ccc(-c2ccccc2[N+](=O)[O-])o1)C(=O)Nc1cccc2ncccc12. The lowest BCUT2D eigenvalue weighted by Gasteiger charge is -2.07. The minimum Gasteiger partial charge on any atom is -0.456 e. The van der Waals surface area contributed by atoms with Gasteiger partial charge in [0.15, 0.2) is 0 Å². The summed E-state index contributed by atoms with van der Waals surface area (Å²) in [6, 6.07) is 20.0. The molecule has 1 N–H and O–H groups in total. The van der Waals surface area contributed by atoms with Crippen molar-refractivity contribution in [3.8, 4) is 17.4 Å². The van der Waals surface area contributed by atoms with Crippen LogP contribution in [0.25, 0.3) is 28.3 Å². The van der Waals surface area contributed by atoms with Gasteiger partial charge in [0.1, 0.15) is 23.2 Å². The molecule has 0 aliphatic carbocycles. The average molecular weight is 410 g/mol. The Labute approximate surface area is 176 Å². The van der Waals surface area contributed by atoms with Crippen molar-refractivity contribution in [3.05, 3.63) is 94.4 Å². The van der Waals surface area contributed by atoms with Gasteiger partial charge in [0.2, 0.25) is 0 Å². The number of nitriles is 1. The van der Waals surface area contributed by atoms with E-state index in [-0.39, 0.29) is 22.8 Å². The number of furan rings is 1. The van der Waals surface area contributed by atoms with Gasteiger partial charge in [-0.15, -0.1) is 0 Å². The summed E-state index contributed by atoms with van der Waals surface area (Å²) < 4.78 is 5.64. The van der Waals surface area contributed by atoms with Crippen LogP contribution in [0.5, 0.6) is 0 Å². The van der Waals surface area contributed by atoms with Crippen LogP contribution < -0.4 is 5.32 Å². The molecule has 0 spiro atoms. The summed E-state index contributed by atoms with van der Waals surface area (Å²) in [6.07, 6.45) is 2.94. The third kappa shape index (κ3) is 4.02. The number of benzene rings is 2. The zero-order valence-electron chi connectivity index (χ0n) is 16.0. The standard InChI is InChI=1S/C23H14N4O4/c24-14-15(23(28)26-20-8-3-7-19-17(20)6-4-12-25-19)13-16-10-11-22(31-16)18-5-1-2-9-21(18)27(29)30/h1-13H,(H,26,28). The number of para-hydroxylation sites is 1. The molecule has 0 atom stereocenters. The molecule has 0 saturated heterocycles. The summed E-state index contributed by atoms with van der Waals surface area (Å²) in [5, 5.41) is 24.2. The fraction of sp³-hybridized carbons (Fsp3) is 0. The maximum Gasteiger partial charge on any atom is 0.280 e.